The molecule has 27 heavy (non-hydrogen) atoms. The lowest BCUT2D eigenvalue weighted by Gasteiger charge is -2.22. The number of aromatic nitrogens is 1. The summed E-state index contributed by atoms with van der Waals surface area (Å²) in [6.07, 6.45) is 5.08. The third kappa shape index (κ3) is 3.77. The smallest absolute Gasteiger partial charge is 0.267 e. The number of hydrogen-bond acceptors (Lipinski definition) is 4. The van der Waals surface area contributed by atoms with E-state index in [1.54, 1.807) is 0 Å². The second-order valence-corrected chi connectivity index (χ2v) is 7.99. The predicted molar refractivity (Wildman–Crippen MR) is 112 cm³/mol. The third-order valence-corrected chi connectivity index (χ3v) is 6.02. The van der Waals surface area contributed by atoms with Gasteiger partial charge in [0.25, 0.3) is 5.91 Å². The van der Waals surface area contributed by atoms with Crippen molar-refractivity contribution in [2.24, 2.45) is 0 Å². The Morgan fingerprint density at radius 2 is 1.89 bits per heavy atom. The van der Waals surface area contributed by atoms with E-state index in [1.165, 1.54) is 23.4 Å². The molecule has 3 aromatic rings. The number of thiophene rings is 1. The fourth-order valence-corrected chi connectivity index (χ4v) is 4.30. The minimum absolute atomic E-state index is 0.0738. The molecule has 140 valence electrons. The van der Waals surface area contributed by atoms with Gasteiger partial charge in [-0.05, 0) is 68.4 Å². The Kier molecular flexibility index (Phi) is 5.01. The molecule has 4 rings (SSSR count). The van der Waals surface area contributed by atoms with Gasteiger partial charge in [-0.25, -0.2) is 0 Å². The molecule has 0 saturated carbocycles. The van der Waals surface area contributed by atoms with Gasteiger partial charge in [-0.2, -0.15) is 0 Å². The number of benzene rings is 1. The first kappa shape index (κ1) is 17.8. The summed E-state index contributed by atoms with van der Waals surface area (Å²) in [5, 5.41) is 4.97. The van der Waals surface area contributed by atoms with Crippen LogP contribution in [-0.2, 0) is 0 Å². The molecular formula is C21H24N4OS. The van der Waals surface area contributed by atoms with Crippen molar-refractivity contribution in [1.29, 1.82) is 0 Å². The topological polar surface area (TPSA) is 40.5 Å². The van der Waals surface area contributed by atoms with Crippen molar-refractivity contribution in [3.05, 3.63) is 65.1 Å². The second kappa shape index (κ2) is 7.58. The van der Waals surface area contributed by atoms with Gasteiger partial charge in [-0.3, -0.25) is 4.79 Å². The molecule has 1 aliphatic rings. The lowest BCUT2D eigenvalue weighted by Crippen LogP contribution is -2.31. The van der Waals surface area contributed by atoms with Gasteiger partial charge < -0.3 is 19.7 Å². The van der Waals surface area contributed by atoms with Gasteiger partial charge in [0.2, 0.25) is 0 Å². The Labute approximate surface area is 163 Å². The highest BCUT2D eigenvalue weighted by atomic mass is 32.1. The summed E-state index contributed by atoms with van der Waals surface area (Å²) in [5.41, 5.74) is 2.94. The molecule has 1 fully saturated rings. The van der Waals surface area contributed by atoms with Crippen LogP contribution in [0.4, 0.5) is 11.4 Å². The normalized spacial score (nSPS) is 16.9. The maximum Gasteiger partial charge on any atom is 0.267 e. The zero-order valence-corrected chi connectivity index (χ0v) is 16.4. The van der Waals surface area contributed by atoms with Crippen molar-refractivity contribution in [2.45, 2.75) is 12.5 Å². The number of amides is 1. The van der Waals surface area contributed by atoms with Gasteiger partial charge in [0.1, 0.15) is 4.88 Å². The molecule has 1 amide bonds. The van der Waals surface area contributed by atoms with Gasteiger partial charge in [0.15, 0.2) is 0 Å². The van der Waals surface area contributed by atoms with Crippen LogP contribution in [0.25, 0.3) is 5.69 Å². The van der Waals surface area contributed by atoms with Crippen LogP contribution >= 0.6 is 11.3 Å². The molecule has 1 saturated heterocycles. The van der Waals surface area contributed by atoms with Gasteiger partial charge in [-0.1, -0.05) is 0 Å². The molecule has 1 N–H and O–H groups in total. The number of nitrogens with one attached hydrogen (secondary N) is 1. The van der Waals surface area contributed by atoms with Crippen molar-refractivity contribution in [2.75, 3.05) is 37.4 Å². The average Bonchev–Trinajstić information content (AvgIpc) is 3.42. The van der Waals surface area contributed by atoms with Crippen molar-refractivity contribution in [3.8, 4) is 5.69 Å². The van der Waals surface area contributed by atoms with Crippen LogP contribution in [-0.4, -0.2) is 48.6 Å². The maximum atomic E-state index is 12.7. The number of carbonyl (C=O) groups is 1. The number of anilines is 2. The molecule has 0 aliphatic carbocycles. The molecule has 1 aromatic carbocycles. The van der Waals surface area contributed by atoms with Gasteiger partial charge in [-0.15, -0.1) is 11.3 Å². The van der Waals surface area contributed by atoms with Crippen LogP contribution in [0.1, 0.15) is 16.1 Å². The third-order valence-electron chi connectivity index (χ3n) is 5.12. The number of nitrogens with zero attached hydrogens (tertiary/aromatic N) is 3. The maximum absolute atomic E-state index is 12.7. The van der Waals surface area contributed by atoms with E-state index in [-0.39, 0.29) is 5.91 Å². The van der Waals surface area contributed by atoms with Crippen LogP contribution in [0.15, 0.2) is 60.2 Å². The number of hydrogen-bond donors (Lipinski definition) is 1. The van der Waals surface area contributed by atoms with Gasteiger partial charge in [0.05, 0.1) is 5.69 Å². The zero-order valence-electron chi connectivity index (χ0n) is 15.6. The first-order chi connectivity index (χ1) is 13.1. The molecule has 1 atom stereocenters. The summed E-state index contributed by atoms with van der Waals surface area (Å²) in [7, 11) is 4.28. The van der Waals surface area contributed by atoms with Crippen molar-refractivity contribution in [1.82, 2.24) is 9.47 Å². The molecule has 5 nitrogen and oxygen atoms in total. The van der Waals surface area contributed by atoms with E-state index in [0.29, 0.717) is 10.9 Å². The molecule has 1 aliphatic heterocycles. The number of rotatable bonds is 5. The fraction of sp³-hybridized carbons (Fsp3) is 0.286. The van der Waals surface area contributed by atoms with E-state index in [2.05, 4.69) is 41.3 Å². The van der Waals surface area contributed by atoms with Crippen LogP contribution in [0.5, 0.6) is 0 Å². The quantitative estimate of drug-likeness (QED) is 0.729. The zero-order chi connectivity index (χ0) is 18.8. The highest BCUT2D eigenvalue weighted by molar-refractivity contribution is 7.12. The Morgan fingerprint density at radius 1 is 1.15 bits per heavy atom. The van der Waals surface area contributed by atoms with E-state index in [9.17, 15) is 4.79 Å². The first-order valence-electron chi connectivity index (χ1n) is 9.15. The van der Waals surface area contributed by atoms with E-state index < -0.39 is 0 Å². The summed E-state index contributed by atoms with van der Waals surface area (Å²) in [6, 6.07) is 14.6. The summed E-state index contributed by atoms with van der Waals surface area (Å²) >= 11 is 1.46. The molecule has 0 radical (unpaired) electrons. The summed E-state index contributed by atoms with van der Waals surface area (Å²) in [6.45, 7) is 2.12. The van der Waals surface area contributed by atoms with Crippen LogP contribution in [0.2, 0.25) is 0 Å². The highest BCUT2D eigenvalue weighted by Crippen LogP contribution is 2.26. The summed E-state index contributed by atoms with van der Waals surface area (Å²) in [5.74, 6) is -0.0738. The molecule has 6 heteroatoms. The Hall–Kier alpha value is -2.57. The van der Waals surface area contributed by atoms with Crippen LogP contribution in [0.3, 0.4) is 0 Å². The molecular weight excluding hydrogens is 356 g/mol. The molecule has 0 bridgehead atoms. The van der Waals surface area contributed by atoms with Crippen LogP contribution in [0, 0.1) is 0 Å². The van der Waals surface area contributed by atoms with E-state index in [0.717, 1.165) is 24.5 Å². The van der Waals surface area contributed by atoms with Crippen LogP contribution < -0.4 is 10.2 Å². The van der Waals surface area contributed by atoms with Crippen molar-refractivity contribution in [3.63, 3.8) is 0 Å². The van der Waals surface area contributed by atoms with E-state index >= 15 is 0 Å². The Balaban J connectivity index is 1.44. The summed E-state index contributed by atoms with van der Waals surface area (Å²) in [4.78, 5) is 18.1. The predicted octanol–water partition coefficient (Wildman–Crippen LogP) is 3.93. The highest BCUT2D eigenvalue weighted by Gasteiger charge is 2.24. The largest absolute Gasteiger partial charge is 0.370 e. The number of carbonyl (C=O) groups excluding carboxylic acids is 1. The van der Waals surface area contributed by atoms with E-state index in [4.69, 9.17) is 0 Å². The van der Waals surface area contributed by atoms with Crippen molar-refractivity contribution >= 4 is 28.6 Å². The molecule has 0 spiro atoms. The second-order valence-electron chi connectivity index (χ2n) is 7.08. The minimum Gasteiger partial charge on any atom is -0.370 e. The minimum atomic E-state index is -0.0738. The summed E-state index contributed by atoms with van der Waals surface area (Å²) < 4.78 is 1.96. The average molecular weight is 381 g/mol. The van der Waals surface area contributed by atoms with E-state index in [1.807, 2.05) is 52.7 Å². The monoisotopic (exact) mass is 380 g/mol. The Bertz CT molecular complexity index is 899. The number of likely N-dealkylation sites (N-methyl/N-ethyl adjacent to an activating group) is 1. The van der Waals surface area contributed by atoms with Gasteiger partial charge in [0, 0.05) is 42.9 Å². The first-order valence-corrected chi connectivity index (χ1v) is 10.0. The SMILES string of the molecule is CN(C)C1CCN(c2ccc(NC(=O)c3sccc3-n3cccc3)cc2)C1. The lowest BCUT2D eigenvalue weighted by atomic mass is 10.2. The standard InChI is InChI=1S/C21H24N4OS/c1-23(2)18-9-13-25(15-18)17-7-5-16(6-8-17)22-21(26)20-19(10-14-27-20)24-11-3-4-12-24/h3-8,10-12,14,18H,9,13,15H2,1-2H3,(H,22,26). The molecule has 3 heterocycles. The van der Waals surface area contributed by atoms with Gasteiger partial charge >= 0.3 is 0 Å². The Morgan fingerprint density at radius 3 is 2.56 bits per heavy atom. The fourth-order valence-electron chi connectivity index (χ4n) is 3.51. The van der Waals surface area contributed by atoms with Crippen molar-refractivity contribution < 1.29 is 4.79 Å². The lowest BCUT2D eigenvalue weighted by molar-refractivity contribution is 0.103. The molecule has 1 unspecified atom stereocenters. The molecule has 2 aromatic heterocycles.